The summed E-state index contributed by atoms with van der Waals surface area (Å²) >= 11 is 1.86. The highest BCUT2D eigenvalue weighted by Gasteiger charge is 2.27. The summed E-state index contributed by atoms with van der Waals surface area (Å²) in [7, 11) is 0. The summed E-state index contributed by atoms with van der Waals surface area (Å²) in [5.74, 6) is 0. The summed E-state index contributed by atoms with van der Waals surface area (Å²) in [5, 5.41) is 4.71. The molecule has 8 aromatic carbocycles. The number of fused-ring (bicyclic) bond motifs is 6. The van der Waals surface area contributed by atoms with E-state index < -0.39 is 0 Å². The summed E-state index contributed by atoms with van der Waals surface area (Å²) in [6.45, 7) is 0. The first-order chi connectivity index (χ1) is 24.3. The van der Waals surface area contributed by atoms with Gasteiger partial charge in [0, 0.05) is 25.9 Å². The summed E-state index contributed by atoms with van der Waals surface area (Å²) in [4.78, 5) is 4.94. The van der Waals surface area contributed by atoms with E-state index >= 15 is 0 Å². The summed E-state index contributed by atoms with van der Waals surface area (Å²) in [6, 6.07) is 63.4. The SMILES string of the molecule is c1ccc(-c2ccc3c(c2)Sc2cc(-c4ccccc4)ccc2N3c2ccc(-c3ccc4oc5ccccc5c4c3)c3ccccc23)cc1. The third kappa shape index (κ3) is 4.66. The van der Waals surface area contributed by atoms with Crippen LogP contribution in [0, 0.1) is 0 Å². The molecule has 3 heteroatoms. The molecule has 1 aliphatic rings. The van der Waals surface area contributed by atoms with Gasteiger partial charge in [-0.05, 0) is 87.3 Å². The van der Waals surface area contributed by atoms with E-state index in [4.69, 9.17) is 4.42 Å². The van der Waals surface area contributed by atoms with Crippen LogP contribution in [0.1, 0.15) is 0 Å². The van der Waals surface area contributed by atoms with Crippen LogP contribution in [0.2, 0.25) is 0 Å². The molecule has 230 valence electrons. The van der Waals surface area contributed by atoms with Crippen molar-refractivity contribution in [1.29, 1.82) is 0 Å². The largest absolute Gasteiger partial charge is 0.456 e. The predicted octanol–water partition coefficient (Wildman–Crippen LogP) is 13.7. The van der Waals surface area contributed by atoms with Crippen LogP contribution in [-0.2, 0) is 0 Å². The Morgan fingerprint density at radius 2 is 0.878 bits per heavy atom. The second-order valence-electron chi connectivity index (χ2n) is 12.5. The van der Waals surface area contributed by atoms with Crippen molar-refractivity contribution in [3.63, 3.8) is 0 Å². The molecule has 0 unspecified atom stereocenters. The first kappa shape index (κ1) is 28.0. The lowest BCUT2D eigenvalue weighted by molar-refractivity contribution is 0.669. The molecular formula is C46H29NOS. The number of nitrogens with zero attached hydrogens (tertiary/aromatic N) is 1. The normalized spacial score (nSPS) is 12.4. The molecule has 0 fully saturated rings. The van der Waals surface area contributed by atoms with Gasteiger partial charge in [0.25, 0.3) is 0 Å². The van der Waals surface area contributed by atoms with Crippen LogP contribution in [0.15, 0.2) is 190 Å². The lowest BCUT2D eigenvalue weighted by Gasteiger charge is -2.34. The van der Waals surface area contributed by atoms with E-state index in [1.165, 1.54) is 65.3 Å². The molecule has 0 atom stereocenters. The fraction of sp³-hybridized carbons (Fsp3) is 0. The van der Waals surface area contributed by atoms with Crippen molar-refractivity contribution in [1.82, 2.24) is 0 Å². The molecule has 0 radical (unpaired) electrons. The molecule has 0 amide bonds. The van der Waals surface area contributed by atoms with Crippen molar-refractivity contribution in [2.45, 2.75) is 9.79 Å². The van der Waals surface area contributed by atoms with Crippen molar-refractivity contribution >= 4 is 61.5 Å². The number of furan rings is 1. The van der Waals surface area contributed by atoms with Gasteiger partial charge < -0.3 is 9.32 Å². The minimum absolute atomic E-state index is 0.912. The minimum atomic E-state index is 0.912. The number of hydrogen-bond donors (Lipinski definition) is 0. The van der Waals surface area contributed by atoms with Crippen molar-refractivity contribution in [2.75, 3.05) is 4.90 Å². The lowest BCUT2D eigenvalue weighted by Crippen LogP contribution is -2.15. The summed E-state index contributed by atoms with van der Waals surface area (Å²) in [6.07, 6.45) is 0. The Labute approximate surface area is 288 Å². The van der Waals surface area contributed by atoms with Crippen LogP contribution in [0.4, 0.5) is 17.1 Å². The van der Waals surface area contributed by atoms with E-state index in [-0.39, 0.29) is 0 Å². The quantitative estimate of drug-likeness (QED) is 0.190. The minimum Gasteiger partial charge on any atom is -0.456 e. The Balaban J connectivity index is 1.17. The number of anilines is 3. The molecule has 1 aromatic heterocycles. The van der Waals surface area contributed by atoms with E-state index in [9.17, 15) is 0 Å². The molecule has 0 N–H and O–H groups in total. The standard InChI is InChI=1S/C46H29NOS/c1-3-11-30(12-4-1)32-19-23-41-45(28-32)49-46-29-33(31-13-5-2-6-14-31)20-24-42(46)47(41)40-25-22-35(36-15-7-8-16-37(36)40)34-21-26-44-39(27-34)38-17-9-10-18-43(38)48-44/h1-29H. The zero-order valence-electron chi connectivity index (χ0n) is 26.5. The van der Waals surface area contributed by atoms with Crippen molar-refractivity contribution in [3.05, 3.63) is 176 Å². The zero-order chi connectivity index (χ0) is 32.3. The maximum absolute atomic E-state index is 6.16. The molecule has 0 spiro atoms. The van der Waals surface area contributed by atoms with E-state index in [1.54, 1.807) is 0 Å². The zero-order valence-corrected chi connectivity index (χ0v) is 27.3. The van der Waals surface area contributed by atoms with Crippen LogP contribution in [0.25, 0.3) is 66.1 Å². The van der Waals surface area contributed by atoms with E-state index in [0.717, 1.165) is 27.6 Å². The predicted molar refractivity (Wildman–Crippen MR) is 206 cm³/mol. The Morgan fingerprint density at radius 1 is 0.347 bits per heavy atom. The molecule has 0 saturated heterocycles. The van der Waals surface area contributed by atoms with Gasteiger partial charge in [0.05, 0.1) is 17.1 Å². The van der Waals surface area contributed by atoms with Gasteiger partial charge in [-0.3, -0.25) is 0 Å². The van der Waals surface area contributed by atoms with Crippen LogP contribution in [0.3, 0.4) is 0 Å². The smallest absolute Gasteiger partial charge is 0.135 e. The molecule has 1 aliphatic heterocycles. The molecule has 2 nitrogen and oxygen atoms in total. The van der Waals surface area contributed by atoms with E-state index in [1.807, 2.05) is 23.9 Å². The maximum Gasteiger partial charge on any atom is 0.135 e. The number of hydrogen-bond acceptors (Lipinski definition) is 3. The first-order valence-corrected chi connectivity index (χ1v) is 17.4. The highest BCUT2D eigenvalue weighted by atomic mass is 32.2. The summed E-state index contributed by atoms with van der Waals surface area (Å²) < 4.78 is 6.16. The molecule has 49 heavy (non-hydrogen) atoms. The van der Waals surface area contributed by atoms with Crippen molar-refractivity contribution < 1.29 is 4.42 Å². The average Bonchev–Trinajstić information content (AvgIpc) is 3.55. The highest BCUT2D eigenvalue weighted by molar-refractivity contribution is 7.99. The number of benzene rings is 8. The first-order valence-electron chi connectivity index (χ1n) is 16.6. The third-order valence-corrected chi connectivity index (χ3v) is 10.8. The van der Waals surface area contributed by atoms with Crippen LogP contribution >= 0.6 is 11.8 Å². The molecule has 0 aliphatic carbocycles. The monoisotopic (exact) mass is 643 g/mol. The fourth-order valence-corrected chi connectivity index (χ4v) is 8.45. The van der Waals surface area contributed by atoms with E-state index in [2.05, 4.69) is 169 Å². The second-order valence-corrected chi connectivity index (χ2v) is 13.6. The van der Waals surface area contributed by atoms with Crippen LogP contribution in [0.5, 0.6) is 0 Å². The van der Waals surface area contributed by atoms with Crippen LogP contribution < -0.4 is 4.90 Å². The van der Waals surface area contributed by atoms with Gasteiger partial charge >= 0.3 is 0 Å². The van der Waals surface area contributed by atoms with Gasteiger partial charge in [-0.1, -0.05) is 139 Å². The van der Waals surface area contributed by atoms with Gasteiger partial charge in [0.1, 0.15) is 11.2 Å². The average molecular weight is 644 g/mol. The Morgan fingerprint density at radius 3 is 1.55 bits per heavy atom. The van der Waals surface area contributed by atoms with Crippen molar-refractivity contribution in [2.24, 2.45) is 0 Å². The Kier molecular flexibility index (Phi) is 6.46. The molecule has 0 saturated carbocycles. The lowest BCUT2D eigenvalue weighted by atomic mass is 9.95. The molecule has 2 heterocycles. The second kappa shape index (κ2) is 11.3. The van der Waals surface area contributed by atoms with Gasteiger partial charge in [-0.15, -0.1) is 0 Å². The molecule has 0 bridgehead atoms. The Bertz CT molecular complexity index is 2600. The summed E-state index contributed by atoms with van der Waals surface area (Å²) in [5.41, 5.74) is 12.6. The maximum atomic E-state index is 6.16. The van der Waals surface area contributed by atoms with Crippen molar-refractivity contribution in [3.8, 4) is 33.4 Å². The van der Waals surface area contributed by atoms with Gasteiger partial charge in [-0.25, -0.2) is 0 Å². The molecule has 9 aromatic rings. The van der Waals surface area contributed by atoms with Gasteiger partial charge in [0.2, 0.25) is 0 Å². The van der Waals surface area contributed by atoms with Gasteiger partial charge in [0.15, 0.2) is 0 Å². The topological polar surface area (TPSA) is 16.4 Å². The molecular weight excluding hydrogens is 615 g/mol. The number of para-hydroxylation sites is 1. The Hall–Kier alpha value is -6.03. The molecule has 10 rings (SSSR count). The highest BCUT2D eigenvalue weighted by Crippen LogP contribution is 2.54. The third-order valence-electron chi connectivity index (χ3n) is 9.67. The van der Waals surface area contributed by atoms with Crippen LogP contribution in [-0.4, -0.2) is 0 Å². The van der Waals surface area contributed by atoms with Gasteiger partial charge in [-0.2, -0.15) is 0 Å². The van der Waals surface area contributed by atoms with E-state index in [0.29, 0.717) is 0 Å². The fourth-order valence-electron chi connectivity index (χ4n) is 7.31. The number of rotatable bonds is 4.